The zero-order valence-electron chi connectivity index (χ0n) is 16.5. The van der Waals surface area contributed by atoms with Crippen LogP contribution in [0.25, 0.3) is 0 Å². The molecule has 2 bridgehead atoms. The third-order valence-corrected chi connectivity index (χ3v) is 7.16. The molecule has 2 aromatic carbocycles. The van der Waals surface area contributed by atoms with E-state index in [1.165, 1.54) is 4.90 Å². The van der Waals surface area contributed by atoms with Gasteiger partial charge in [0.2, 0.25) is 11.8 Å². The van der Waals surface area contributed by atoms with Gasteiger partial charge in [-0.25, -0.2) is 0 Å². The van der Waals surface area contributed by atoms with E-state index in [9.17, 15) is 9.59 Å². The first kappa shape index (κ1) is 18.1. The van der Waals surface area contributed by atoms with E-state index in [4.69, 9.17) is 14.8 Å². The minimum absolute atomic E-state index is 0.00426. The van der Waals surface area contributed by atoms with E-state index in [-0.39, 0.29) is 54.1 Å². The Morgan fingerprint density at radius 3 is 2.42 bits per heavy atom. The van der Waals surface area contributed by atoms with Crippen LogP contribution in [-0.4, -0.2) is 30.2 Å². The minimum atomic E-state index is -0.324. The molecule has 2 aromatic rings. The van der Waals surface area contributed by atoms with Gasteiger partial charge in [-0.1, -0.05) is 23.4 Å². The van der Waals surface area contributed by atoms with Crippen molar-refractivity contribution in [2.75, 3.05) is 11.5 Å². The summed E-state index contributed by atoms with van der Waals surface area (Å²) >= 11 is 0. The summed E-state index contributed by atoms with van der Waals surface area (Å²) < 4.78 is 5.33. The molecule has 0 aromatic heterocycles. The Hall–Kier alpha value is -3.66. The third-order valence-electron chi connectivity index (χ3n) is 7.16. The first-order chi connectivity index (χ1) is 15.2. The van der Waals surface area contributed by atoms with Crippen LogP contribution in [0.3, 0.4) is 0 Å². The highest BCUT2D eigenvalue weighted by Gasteiger charge is 2.70. The fraction of sp³-hybridized carbons (Fsp3) is 0.333. The van der Waals surface area contributed by atoms with Gasteiger partial charge in [0.25, 0.3) is 0 Å². The number of nitriles is 1. The topological polar surface area (TPSA) is 92.0 Å². The number of ether oxygens (including phenoxy) is 1. The molecule has 0 spiro atoms. The van der Waals surface area contributed by atoms with Crippen molar-refractivity contribution in [2.45, 2.75) is 12.5 Å². The van der Waals surface area contributed by atoms with Crippen LogP contribution >= 0.6 is 0 Å². The molecule has 154 valence electrons. The van der Waals surface area contributed by atoms with Crippen molar-refractivity contribution in [3.05, 3.63) is 60.2 Å². The highest BCUT2D eigenvalue weighted by Crippen LogP contribution is 2.62. The van der Waals surface area contributed by atoms with Crippen molar-refractivity contribution in [2.24, 2.45) is 34.7 Å². The zero-order valence-corrected chi connectivity index (χ0v) is 16.5. The normalized spacial score (nSPS) is 32.4. The number of hydrogen-bond acceptors (Lipinski definition) is 6. The number of nitrogens with zero attached hydrogens (tertiary/aromatic N) is 3. The van der Waals surface area contributed by atoms with Gasteiger partial charge in [0.15, 0.2) is 6.61 Å². The first-order valence-corrected chi connectivity index (χ1v) is 10.5. The summed E-state index contributed by atoms with van der Waals surface area (Å²) in [4.78, 5) is 33.8. The van der Waals surface area contributed by atoms with Crippen LogP contribution in [0.2, 0.25) is 0 Å². The van der Waals surface area contributed by atoms with E-state index in [0.29, 0.717) is 11.4 Å². The molecule has 2 aliphatic carbocycles. The number of para-hydroxylation sites is 1. The minimum Gasteiger partial charge on any atom is -0.479 e. The summed E-state index contributed by atoms with van der Waals surface area (Å²) in [5, 5.41) is 13.0. The quantitative estimate of drug-likeness (QED) is 0.719. The van der Waals surface area contributed by atoms with Gasteiger partial charge < -0.3 is 9.57 Å². The number of carbonyl (C=O) groups excluding carboxylic acids is 2. The SMILES string of the molecule is N#CCOc1ccc(C2=NO[C@@H]3[C@H]4C[C@H]([C@H]5C(=O)N(c6ccccc6)C(=O)[C@H]45)[C@H]23)cc1. The maximum Gasteiger partial charge on any atom is 0.238 e. The molecule has 7 nitrogen and oxygen atoms in total. The Labute approximate surface area is 178 Å². The van der Waals surface area contributed by atoms with E-state index in [1.807, 2.05) is 36.4 Å². The molecule has 0 unspecified atom stereocenters. The number of rotatable bonds is 4. The summed E-state index contributed by atoms with van der Waals surface area (Å²) in [6.07, 6.45) is 0.649. The van der Waals surface area contributed by atoms with Gasteiger partial charge in [0.1, 0.15) is 17.9 Å². The van der Waals surface area contributed by atoms with Crippen molar-refractivity contribution in [3.8, 4) is 11.8 Å². The maximum absolute atomic E-state index is 13.3. The Morgan fingerprint density at radius 2 is 1.71 bits per heavy atom. The number of oxime groups is 1. The molecule has 31 heavy (non-hydrogen) atoms. The average Bonchev–Trinajstić information content (AvgIpc) is 3.53. The van der Waals surface area contributed by atoms with Crippen molar-refractivity contribution in [1.29, 1.82) is 5.26 Å². The summed E-state index contributed by atoms with van der Waals surface area (Å²) in [6.45, 7) is -0.00498. The van der Waals surface area contributed by atoms with Crippen molar-refractivity contribution < 1.29 is 19.2 Å². The second kappa shape index (κ2) is 6.67. The highest BCUT2D eigenvalue weighted by molar-refractivity contribution is 6.23. The van der Waals surface area contributed by atoms with Gasteiger partial charge >= 0.3 is 0 Å². The van der Waals surface area contributed by atoms with Crippen LogP contribution in [0.15, 0.2) is 59.8 Å². The predicted molar refractivity (Wildman–Crippen MR) is 110 cm³/mol. The molecule has 2 saturated carbocycles. The molecular formula is C24H19N3O4. The van der Waals surface area contributed by atoms with Crippen molar-refractivity contribution >= 4 is 23.2 Å². The zero-order chi connectivity index (χ0) is 21.1. The molecule has 0 radical (unpaired) electrons. The predicted octanol–water partition coefficient (Wildman–Crippen LogP) is 2.76. The van der Waals surface area contributed by atoms with Gasteiger partial charge in [-0.3, -0.25) is 14.5 Å². The van der Waals surface area contributed by atoms with Crippen LogP contribution in [0.1, 0.15) is 12.0 Å². The van der Waals surface area contributed by atoms with E-state index in [1.54, 1.807) is 24.3 Å². The van der Waals surface area contributed by atoms with E-state index in [0.717, 1.165) is 17.7 Å². The Balaban J connectivity index is 1.29. The molecule has 4 aliphatic rings. The fourth-order valence-electron chi connectivity index (χ4n) is 6.03. The lowest BCUT2D eigenvalue weighted by molar-refractivity contribution is -0.125. The number of hydrogen-bond donors (Lipinski definition) is 0. The van der Waals surface area contributed by atoms with Crippen LogP contribution in [0.4, 0.5) is 5.69 Å². The smallest absolute Gasteiger partial charge is 0.238 e. The van der Waals surface area contributed by atoms with Crippen LogP contribution in [-0.2, 0) is 14.4 Å². The standard InChI is InChI=1S/C24H19N3O4/c25-10-11-30-15-8-6-13(7-9-15)21-20-16-12-17(22(20)31-26-21)19-18(16)23(28)27(24(19)29)14-4-2-1-3-5-14/h1-9,16-20,22H,11-12H2/t16-,17+,18-,19-,20-,22-/m1/s1. The van der Waals surface area contributed by atoms with Crippen LogP contribution in [0, 0.1) is 40.9 Å². The number of carbonyl (C=O) groups is 2. The number of anilines is 1. The van der Waals surface area contributed by atoms with Gasteiger partial charge in [0, 0.05) is 17.4 Å². The molecule has 2 aliphatic heterocycles. The molecule has 0 N–H and O–H groups in total. The number of fused-ring (bicyclic) bond motifs is 8. The Morgan fingerprint density at radius 1 is 1.00 bits per heavy atom. The summed E-state index contributed by atoms with van der Waals surface area (Å²) in [6, 6.07) is 18.5. The molecule has 2 amide bonds. The van der Waals surface area contributed by atoms with Gasteiger partial charge in [-0.15, -0.1) is 0 Å². The lowest BCUT2D eigenvalue weighted by Gasteiger charge is -2.29. The molecule has 1 saturated heterocycles. The van der Waals surface area contributed by atoms with E-state index in [2.05, 4.69) is 5.16 Å². The van der Waals surface area contributed by atoms with Gasteiger partial charge in [0.05, 0.1) is 23.2 Å². The molecule has 7 heteroatoms. The second-order valence-corrected chi connectivity index (χ2v) is 8.51. The first-order valence-electron chi connectivity index (χ1n) is 10.5. The third kappa shape index (κ3) is 2.48. The van der Waals surface area contributed by atoms with Crippen molar-refractivity contribution in [1.82, 2.24) is 0 Å². The Kier molecular flexibility index (Phi) is 3.90. The lowest BCUT2D eigenvalue weighted by atomic mass is 9.71. The van der Waals surface area contributed by atoms with Gasteiger partial charge in [-0.2, -0.15) is 5.26 Å². The molecule has 2 heterocycles. The molecular weight excluding hydrogens is 394 g/mol. The number of amides is 2. The van der Waals surface area contributed by atoms with E-state index < -0.39 is 0 Å². The number of benzene rings is 2. The Bertz CT molecular complexity index is 1140. The number of imide groups is 1. The second-order valence-electron chi connectivity index (χ2n) is 8.51. The summed E-state index contributed by atoms with van der Waals surface area (Å²) in [7, 11) is 0. The largest absolute Gasteiger partial charge is 0.479 e. The van der Waals surface area contributed by atoms with Gasteiger partial charge in [-0.05, 0) is 48.7 Å². The fourth-order valence-corrected chi connectivity index (χ4v) is 6.03. The van der Waals surface area contributed by atoms with E-state index >= 15 is 0 Å². The summed E-state index contributed by atoms with van der Waals surface area (Å²) in [5.41, 5.74) is 2.39. The van der Waals surface area contributed by atoms with Crippen LogP contribution < -0.4 is 9.64 Å². The molecule has 6 rings (SSSR count). The average molecular weight is 413 g/mol. The van der Waals surface area contributed by atoms with Crippen LogP contribution in [0.5, 0.6) is 5.75 Å². The lowest BCUT2D eigenvalue weighted by Crippen LogP contribution is -2.41. The van der Waals surface area contributed by atoms with Crippen molar-refractivity contribution in [3.63, 3.8) is 0 Å². The maximum atomic E-state index is 13.3. The molecule has 3 fully saturated rings. The monoisotopic (exact) mass is 413 g/mol. The summed E-state index contributed by atoms with van der Waals surface area (Å²) in [5.74, 6) is -0.180. The molecule has 6 atom stereocenters. The highest BCUT2D eigenvalue weighted by atomic mass is 16.6.